The Morgan fingerprint density at radius 3 is 2.55 bits per heavy atom. The minimum atomic E-state index is -0.271. The summed E-state index contributed by atoms with van der Waals surface area (Å²) in [7, 11) is 1.65. The molecule has 0 radical (unpaired) electrons. The second-order valence-electron chi connectivity index (χ2n) is 6.75. The molecule has 1 aromatic heterocycles. The van der Waals surface area contributed by atoms with Crippen molar-refractivity contribution in [2.75, 3.05) is 12.4 Å². The number of halogens is 1. The fraction of sp³-hybridized carbons (Fsp3) is 0.0909. The Morgan fingerprint density at radius 2 is 1.90 bits per heavy atom. The zero-order valence-electron chi connectivity index (χ0n) is 16.3. The monoisotopic (exact) mass is 469 g/mol. The van der Waals surface area contributed by atoms with E-state index in [1.54, 1.807) is 55.7 Å². The van der Waals surface area contributed by atoms with Crippen LogP contribution in [-0.4, -0.2) is 33.1 Å². The average Bonchev–Trinajstić information content (AvgIpc) is 3.29. The molecule has 0 unspecified atom stereocenters. The van der Waals surface area contributed by atoms with Crippen molar-refractivity contribution in [2.45, 2.75) is 6.42 Å². The number of thioether (sulfide) groups is 1. The van der Waals surface area contributed by atoms with E-state index in [0.29, 0.717) is 26.3 Å². The van der Waals surface area contributed by atoms with Gasteiger partial charge in [-0.1, -0.05) is 48.2 Å². The molecule has 0 bridgehead atoms. The molecule has 2 aromatic carbocycles. The molecule has 1 aliphatic rings. The standard InChI is InChI=1S/C22H16FN3O2S3/c1-26-20(28)18(31-22(26)29)11-14-2-6-15(7-3-14)19(27)25-21-24-12-17(30-21)10-13-4-8-16(23)9-5-13/h2-9,11-12H,10H2,1H3,(H,24,25,27)/b18-11-. The van der Waals surface area contributed by atoms with Crippen molar-refractivity contribution < 1.29 is 14.0 Å². The molecule has 0 atom stereocenters. The first-order chi connectivity index (χ1) is 14.9. The molecule has 4 rings (SSSR count). The number of thiocarbonyl (C=S) groups is 1. The van der Waals surface area contributed by atoms with Crippen LogP contribution in [0.5, 0.6) is 0 Å². The molecule has 1 aliphatic heterocycles. The Balaban J connectivity index is 1.39. The Morgan fingerprint density at radius 1 is 1.19 bits per heavy atom. The first-order valence-corrected chi connectivity index (χ1v) is 11.3. The Bertz CT molecular complexity index is 1190. The molecule has 0 saturated carbocycles. The molecule has 31 heavy (non-hydrogen) atoms. The van der Waals surface area contributed by atoms with E-state index in [-0.39, 0.29) is 17.6 Å². The van der Waals surface area contributed by atoms with Crippen molar-refractivity contribution in [3.8, 4) is 0 Å². The molecule has 1 N–H and O–H groups in total. The zero-order valence-corrected chi connectivity index (χ0v) is 18.7. The highest BCUT2D eigenvalue weighted by molar-refractivity contribution is 8.26. The van der Waals surface area contributed by atoms with Crippen molar-refractivity contribution in [1.82, 2.24) is 9.88 Å². The number of likely N-dealkylation sites (N-methyl/N-ethyl adjacent to an activating group) is 1. The number of carbonyl (C=O) groups is 2. The topological polar surface area (TPSA) is 62.3 Å². The van der Waals surface area contributed by atoms with Gasteiger partial charge in [-0.25, -0.2) is 9.37 Å². The predicted octanol–water partition coefficient (Wildman–Crippen LogP) is 4.96. The molecule has 0 aliphatic carbocycles. The van der Waals surface area contributed by atoms with Crippen LogP contribution >= 0.6 is 35.3 Å². The summed E-state index contributed by atoms with van der Waals surface area (Å²) in [6.07, 6.45) is 4.08. The van der Waals surface area contributed by atoms with Gasteiger partial charge >= 0.3 is 0 Å². The molecule has 3 aromatic rings. The molecule has 2 heterocycles. The number of hydrogen-bond acceptors (Lipinski definition) is 6. The molecule has 156 valence electrons. The molecule has 1 fully saturated rings. The maximum atomic E-state index is 13.0. The fourth-order valence-corrected chi connectivity index (χ4v) is 4.87. The molecular formula is C22H16FN3O2S3. The fourth-order valence-electron chi connectivity index (χ4n) is 2.85. The average molecular weight is 470 g/mol. The number of rotatable bonds is 5. The Labute approximate surface area is 192 Å². The summed E-state index contributed by atoms with van der Waals surface area (Å²) < 4.78 is 13.5. The van der Waals surface area contributed by atoms with Gasteiger partial charge in [-0.2, -0.15) is 0 Å². The lowest BCUT2D eigenvalue weighted by Crippen LogP contribution is -2.22. The van der Waals surface area contributed by atoms with Gasteiger partial charge in [0.05, 0.1) is 4.91 Å². The smallest absolute Gasteiger partial charge is 0.265 e. The second kappa shape index (κ2) is 9.09. The molecule has 1 saturated heterocycles. The number of carbonyl (C=O) groups excluding carboxylic acids is 2. The number of nitrogens with zero attached hydrogens (tertiary/aromatic N) is 2. The number of anilines is 1. The molecule has 9 heteroatoms. The third-order valence-electron chi connectivity index (χ3n) is 4.52. The van der Waals surface area contributed by atoms with Gasteiger partial charge in [-0.3, -0.25) is 19.8 Å². The molecule has 0 spiro atoms. The van der Waals surface area contributed by atoms with Crippen molar-refractivity contribution in [1.29, 1.82) is 0 Å². The van der Waals surface area contributed by atoms with Gasteiger partial charge in [0, 0.05) is 30.1 Å². The van der Waals surface area contributed by atoms with Gasteiger partial charge in [-0.05, 0) is 41.5 Å². The summed E-state index contributed by atoms with van der Waals surface area (Å²) in [5.41, 5.74) is 2.26. The number of aromatic nitrogens is 1. The number of thiazole rings is 1. The summed E-state index contributed by atoms with van der Waals surface area (Å²) in [6, 6.07) is 13.2. The van der Waals surface area contributed by atoms with Crippen LogP contribution in [0, 0.1) is 5.82 Å². The minimum Gasteiger partial charge on any atom is -0.298 e. The van der Waals surface area contributed by atoms with Crippen LogP contribution in [0.1, 0.15) is 26.4 Å². The summed E-state index contributed by atoms with van der Waals surface area (Å²) in [4.78, 5) is 31.8. The van der Waals surface area contributed by atoms with Crippen molar-refractivity contribution in [3.63, 3.8) is 0 Å². The maximum Gasteiger partial charge on any atom is 0.265 e. The SMILES string of the molecule is CN1C(=O)/C(=C/c2ccc(C(=O)Nc3ncc(Cc4ccc(F)cc4)s3)cc2)SC1=S. The summed E-state index contributed by atoms with van der Waals surface area (Å²) in [5, 5.41) is 3.29. The maximum absolute atomic E-state index is 13.0. The van der Waals surface area contributed by atoms with Crippen LogP contribution in [0.25, 0.3) is 6.08 Å². The van der Waals surface area contributed by atoms with E-state index in [1.807, 2.05) is 0 Å². The third kappa shape index (κ3) is 5.07. The van der Waals surface area contributed by atoms with Crippen molar-refractivity contribution in [2.24, 2.45) is 0 Å². The summed E-state index contributed by atoms with van der Waals surface area (Å²) in [6.45, 7) is 0. The van der Waals surface area contributed by atoms with Gasteiger partial charge in [0.2, 0.25) is 0 Å². The highest BCUT2D eigenvalue weighted by Gasteiger charge is 2.28. The zero-order chi connectivity index (χ0) is 22.0. The number of hydrogen-bond donors (Lipinski definition) is 1. The first-order valence-electron chi connectivity index (χ1n) is 9.21. The van der Waals surface area contributed by atoms with Crippen LogP contribution < -0.4 is 5.32 Å². The lowest BCUT2D eigenvalue weighted by atomic mass is 10.1. The Kier molecular flexibility index (Phi) is 6.26. The summed E-state index contributed by atoms with van der Waals surface area (Å²) in [5.74, 6) is -0.668. The second-order valence-corrected chi connectivity index (χ2v) is 9.54. The van der Waals surface area contributed by atoms with E-state index >= 15 is 0 Å². The highest BCUT2D eigenvalue weighted by Crippen LogP contribution is 2.31. The van der Waals surface area contributed by atoms with Gasteiger partial charge in [0.15, 0.2) is 5.13 Å². The predicted molar refractivity (Wildman–Crippen MR) is 127 cm³/mol. The first kappa shape index (κ1) is 21.4. The van der Waals surface area contributed by atoms with Gasteiger partial charge in [0.25, 0.3) is 11.8 Å². The normalized spacial score (nSPS) is 15.0. The van der Waals surface area contributed by atoms with Gasteiger partial charge < -0.3 is 0 Å². The molecule has 2 amide bonds. The van der Waals surface area contributed by atoms with Crippen LogP contribution in [0.4, 0.5) is 9.52 Å². The number of amides is 2. The largest absolute Gasteiger partial charge is 0.298 e. The van der Waals surface area contributed by atoms with E-state index in [1.165, 1.54) is 40.1 Å². The van der Waals surface area contributed by atoms with Crippen LogP contribution in [0.3, 0.4) is 0 Å². The third-order valence-corrected chi connectivity index (χ3v) is 6.92. The van der Waals surface area contributed by atoms with Crippen LogP contribution in [0.2, 0.25) is 0 Å². The van der Waals surface area contributed by atoms with Crippen molar-refractivity contribution in [3.05, 3.63) is 87.0 Å². The van der Waals surface area contributed by atoms with E-state index < -0.39 is 0 Å². The quantitative estimate of drug-likeness (QED) is 0.423. The molecular weight excluding hydrogens is 453 g/mol. The van der Waals surface area contributed by atoms with E-state index in [0.717, 1.165) is 16.0 Å². The van der Waals surface area contributed by atoms with E-state index in [2.05, 4.69) is 10.3 Å². The van der Waals surface area contributed by atoms with Crippen molar-refractivity contribution >= 4 is 62.7 Å². The van der Waals surface area contributed by atoms with E-state index in [9.17, 15) is 14.0 Å². The number of benzene rings is 2. The van der Waals surface area contributed by atoms with Crippen LogP contribution in [-0.2, 0) is 11.2 Å². The number of nitrogens with one attached hydrogen (secondary N) is 1. The lowest BCUT2D eigenvalue weighted by Gasteiger charge is -2.04. The van der Waals surface area contributed by atoms with Gasteiger partial charge in [-0.15, -0.1) is 11.3 Å². The minimum absolute atomic E-state index is 0.128. The van der Waals surface area contributed by atoms with Crippen LogP contribution in [0.15, 0.2) is 59.6 Å². The lowest BCUT2D eigenvalue weighted by molar-refractivity contribution is -0.121. The Hall–Kier alpha value is -2.88. The van der Waals surface area contributed by atoms with E-state index in [4.69, 9.17) is 12.2 Å². The highest BCUT2D eigenvalue weighted by atomic mass is 32.2. The molecule has 5 nitrogen and oxygen atoms in total. The summed E-state index contributed by atoms with van der Waals surface area (Å²) >= 11 is 7.76. The van der Waals surface area contributed by atoms with Gasteiger partial charge in [0.1, 0.15) is 10.1 Å².